The maximum atomic E-state index is 10.2. The SMILES string of the molecule is C=C(C)C.CC.CC(=O)C=C(C)C.CC(C)=O.CC1=NOC(C)(C)C1.C[C-]=O.[Y]. The van der Waals surface area contributed by atoms with Gasteiger partial charge in [-0.2, -0.15) is 6.92 Å². The predicted octanol–water partition coefficient (Wildman–Crippen LogP) is 6.42. The Morgan fingerprint density at radius 1 is 1.07 bits per heavy atom. The molecule has 1 heterocycles. The molecule has 1 aliphatic heterocycles. The summed E-state index contributed by atoms with van der Waals surface area (Å²) in [5, 5.41) is 3.81. The van der Waals surface area contributed by atoms with Gasteiger partial charge >= 0.3 is 0 Å². The number of carbonyl (C=O) groups excluding carboxylic acids is 3. The van der Waals surface area contributed by atoms with Crippen molar-refractivity contribution in [3.63, 3.8) is 0 Å². The first kappa shape index (κ1) is 42.2. The molecule has 1 rings (SSSR count). The van der Waals surface area contributed by atoms with Crippen LogP contribution >= 0.6 is 0 Å². The molecular weight excluding hydrogens is 443 g/mol. The van der Waals surface area contributed by atoms with Crippen molar-refractivity contribution in [3.8, 4) is 0 Å². The number of Topliss-reactive ketones (excluding diaryl/α,β-unsaturated/α-hetero) is 1. The Kier molecular flexibility index (Phi) is 42.6. The molecule has 0 unspecified atom stereocenters. The number of hydrogen-bond acceptors (Lipinski definition) is 5. The van der Waals surface area contributed by atoms with Crippen LogP contribution in [0.5, 0.6) is 0 Å². The molecule has 29 heavy (non-hydrogen) atoms. The Balaban J connectivity index is -0.0000000579. The molecule has 0 aromatic heterocycles. The maximum Gasteiger partial charge on any atom is 0.152 e. The van der Waals surface area contributed by atoms with Crippen LogP contribution in [0, 0.1) is 0 Å². The van der Waals surface area contributed by atoms with Crippen LogP contribution in [0.25, 0.3) is 0 Å². The van der Waals surface area contributed by atoms with E-state index in [0.29, 0.717) is 0 Å². The molecule has 0 amide bonds. The molecule has 0 aromatic rings. The Bertz CT molecular complexity index is 469. The van der Waals surface area contributed by atoms with Crippen molar-refractivity contribution in [1.82, 2.24) is 0 Å². The van der Waals surface area contributed by atoms with Crippen molar-refractivity contribution >= 4 is 23.6 Å². The largest absolute Gasteiger partial charge is 0.542 e. The summed E-state index contributed by atoms with van der Waals surface area (Å²) < 4.78 is 0. The van der Waals surface area contributed by atoms with Gasteiger partial charge in [-0.1, -0.05) is 30.1 Å². The molecule has 0 saturated heterocycles. The van der Waals surface area contributed by atoms with Gasteiger partial charge in [0, 0.05) is 39.1 Å². The first-order chi connectivity index (χ1) is 12.6. The molecular formula is C23H44NO4Y-. The van der Waals surface area contributed by atoms with Gasteiger partial charge in [-0.05, 0) is 75.3 Å². The molecule has 0 aliphatic carbocycles. The zero-order valence-electron chi connectivity index (χ0n) is 21.1. The monoisotopic (exact) mass is 487 g/mol. The van der Waals surface area contributed by atoms with Crippen LogP contribution in [0.1, 0.15) is 96.4 Å². The predicted molar refractivity (Wildman–Crippen MR) is 123 cm³/mol. The average molecular weight is 488 g/mol. The van der Waals surface area contributed by atoms with Crippen LogP contribution in [-0.4, -0.2) is 29.2 Å². The third-order valence-electron chi connectivity index (χ3n) is 1.62. The van der Waals surface area contributed by atoms with Crippen LogP contribution in [0.15, 0.2) is 29.0 Å². The fraction of sp³-hybridized carbons (Fsp3) is 0.652. The van der Waals surface area contributed by atoms with Crippen LogP contribution in [0.2, 0.25) is 0 Å². The first-order valence-corrected chi connectivity index (χ1v) is 9.36. The number of carbonyl (C=O) groups is 2. The second kappa shape index (κ2) is 29.3. The van der Waals surface area contributed by atoms with Crippen molar-refractivity contribution < 1.29 is 51.9 Å². The van der Waals surface area contributed by atoms with Gasteiger partial charge in [0.2, 0.25) is 0 Å². The van der Waals surface area contributed by atoms with Crippen LogP contribution in [-0.2, 0) is 51.9 Å². The molecule has 0 fully saturated rings. The third kappa shape index (κ3) is 86.0. The Morgan fingerprint density at radius 3 is 1.38 bits per heavy atom. The van der Waals surface area contributed by atoms with Crippen molar-refractivity contribution in [3.05, 3.63) is 23.8 Å². The number of rotatable bonds is 1. The summed E-state index contributed by atoms with van der Waals surface area (Å²) in [6.45, 7) is 27.3. The maximum absolute atomic E-state index is 10.2. The summed E-state index contributed by atoms with van der Waals surface area (Å²) in [4.78, 5) is 33.3. The zero-order valence-corrected chi connectivity index (χ0v) is 24.0. The Hall–Kier alpha value is -0.936. The molecule has 0 bridgehead atoms. The van der Waals surface area contributed by atoms with Crippen molar-refractivity contribution in [1.29, 1.82) is 0 Å². The van der Waals surface area contributed by atoms with Gasteiger partial charge in [-0.3, -0.25) is 11.1 Å². The Morgan fingerprint density at radius 2 is 1.34 bits per heavy atom. The van der Waals surface area contributed by atoms with Gasteiger partial charge in [0.15, 0.2) is 5.78 Å². The summed E-state index contributed by atoms with van der Waals surface area (Å²) in [5.74, 6) is 0.292. The molecule has 5 nitrogen and oxygen atoms in total. The van der Waals surface area contributed by atoms with Gasteiger partial charge in [-0.15, -0.1) is 6.58 Å². The van der Waals surface area contributed by atoms with Gasteiger partial charge < -0.3 is 14.4 Å². The van der Waals surface area contributed by atoms with Gasteiger partial charge in [0.25, 0.3) is 0 Å². The fourth-order valence-corrected chi connectivity index (χ4v) is 1.29. The molecule has 0 N–H and O–H groups in total. The first-order valence-electron chi connectivity index (χ1n) is 9.36. The Labute approximate surface area is 205 Å². The molecule has 169 valence electrons. The topological polar surface area (TPSA) is 72.8 Å². The van der Waals surface area contributed by atoms with Gasteiger partial charge in [0.1, 0.15) is 11.4 Å². The minimum atomic E-state index is -0.0376. The number of oxime groups is 1. The summed E-state index contributed by atoms with van der Waals surface area (Å²) in [6, 6.07) is 0. The smallest absolute Gasteiger partial charge is 0.152 e. The molecule has 0 aromatic carbocycles. The number of allylic oxidation sites excluding steroid dienone is 3. The summed E-state index contributed by atoms with van der Waals surface area (Å²) in [6.07, 6.45) is 4.08. The van der Waals surface area contributed by atoms with E-state index in [0.717, 1.165) is 17.7 Å². The van der Waals surface area contributed by atoms with Crippen molar-refractivity contribution in [2.24, 2.45) is 5.16 Å². The van der Waals surface area contributed by atoms with Crippen LogP contribution in [0.4, 0.5) is 0 Å². The molecule has 0 spiro atoms. The van der Waals surface area contributed by atoms with Gasteiger partial charge in [0.05, 0.1) is 5.71 Å². The summed E-state index contributed by atoms with van der Waals surface area (Å²) in [5.41, 5.74) is 3.28. The molecule has 0 atom stereocenters. The van der Waals surface area contributed by atoms with E-state index >= 15 is 0 Å². The molecule has 0 saturated carbocycles. The van der Waals surface area contributed by atoms with Crippen LogP contribution < -0.4 is 0 Å². The fourth-order valence-electron chi connectivity index (χ4n) is 1.29. The van der Waals surface area contributed by atoms with E-state index < -0.39 is 0 Å². The zero-order chi connectivity index (χ0) is 23.9. The second-order valence-electron chi connectivity index (χ2n) is 7.01. The minimum Gasteiger partial charge on any atom is -0.542 e. The van der Waals surface area contributed by atoms with Gasteiger partial charge in [-0.25, -0.2) is 0 Å². The standard InChI is InChI=1S/C6H11NO.C6H10O.C4H8.C3H6O.C2H3O.C2H6.Y/c1-5-4-6(2,3)8-7-5;1-5(2)4-6(3)7;1-4(2)3;1-3(2)4;1-2-3;1-2;/h4H2,1-3H3;4H,1-3H3;1H2,2-3H3;1-2H3;1H3;1-2H3;/q;;;;-1;;. The number of ketones is 2. The summed E-state index contributed by atoms with van der Waals surface area (Å²) in [7, 11) is 0. The normalized spacial score (nSPS) is 11.1. The van der Waals surface area contributed by atoms with E-state index in [2.05, 4.69) is 11.7 Å². The molecule has 1 radical (unpaired) electrons. The van der Waals surface area contributed by atoms with Crippen molar-refractivity contribution in [2.45, 2.75) is 102 Å². The average Bonchev–Trinajstić information content (AvgIpc) is 2.77. The van der Waals surface area contributed by atoms with E-state index in [-0.39, 0.29) is 49.9 Å². The number of hydrogen-bond donors (Lipinski definition) is 0. The minimum absolute atomic E-state index is 0. The molecule has 6 heteroatoms. The van der Waals surface area contributed by atoms with Crippen LogP contribution in [0.3, 0.4) is 0 Å². The summed E-state index contributed by atoms with van der Waals surface area (Å²) >= 11 is 0. The van der Waals surface area contributed by atoms with E-state index in [4.69, 9.17) is 9.63 Å². The number of nitrogens with zero attached hydrogens (tertiary/aromatic N) is 1. The van der Waals surface area contributed by atoms with E-state index in [9.17, 15) is 9.59 Å². The molecule has 1 aliphatic rings. The van der Waals surface area contributed by atoms with E-state index in [1.807, 2.05) is 62.3 Å². The second-order valence-corrected chi connectivity index (χ2v) is 7.01. The van der Waals surface area contributed by atoms with E-state index in [1.54, 1.807) is 13.0 Å². The quantitative estimate of drug-likeness (QED) is 0.243. The third-order valence-corrected chi connectivity index (χ3v) is 1.62. The van der Waals surface area contributed by atoms with Crippen molar-refractivity contribution in [2.75, 3.05) is 0 Å². The van der Waals surface area contributed by atoms with E-state index in [1.165, 1.54) is 32.6 Å².